The van der Waals surface area contributed by atoms with Crippen LogP contribution in [0, 0.1) is 6.92 Å². The van der Waals surface area contributed by atoms with Gasteiger partial charge in [-0.25, -0.2) is 0 Å². The lowest BCUT2D eigenvalue weighted by Crippen LogP contribution is -2.23. The van der Waals surface area contributed by atoms with Crippen LogP contribution < -0.4 is 10.1 Å². The molecule has 0 aromatic heterocycles. The van der Waals surface area contributed by atoms with Crippen molar-refractivity contribution in [3.63, 3.8) is 0 Å². The highest BCUT2D eigenvalue weighted by Gasteiger charge is 2.14. The van der Waals surface area contributed by atoms with Crippen LogP contribution >= 0.6 is 15.9 Å². The largest absolute Gasteiger partial charge is 0.496 e. The number of ether oxygens (including phenoxy) is 1. The van der Waals surface area contributed by atoms with Gasteiger partial charge < -0.3 is 10.1 Å². The third kappa shape index (κ3) is 4.08. The Labute approximate surface area is 135 Å². The molecule has 2 rings (SSSR count). The van der Waals surface area contributed by atoms with Gasteiger partial charge in [0, 0.05) is 10.5 Å². The second-order valence-electron chi connectivity index (χ2n) is 5.13. The third-order valence-corrected chi connectivity index (χ3v) is 4.54. The lowest BCUT2D eigenvalue weighted by molar-refractivity contribution is 0.405. The van der Waals surface area contributed by atoms with E-state index in [4.69, 9.17) is 4.74 Å². The van der Waals surface area contributed by atoms with Crippen LogP contribution in [-0.2, 0) is 6.42 Å². The first-order valence-corrected chi connectivity index (χ1v) is 8.06. The van der Waals surface area contributed by atoms with Crippen molar-refractivity contribution < 1.29 is 4.74 Å². The van der Waals surface area contributed by atoms with Crippen molar-refractivity contribution in [1.82, 2.24) is 5.32 Å². The van der Waals surface area contributed by atoms with Crippen molar-refractivity contribution in [2.75, 3.05) is 13.7 Å². The van der Waals surface area contributed by atoms with Gasteiger partial charge >= 0.3 is 0 Å². The lowest BCUT2D eigenvalue weighted by Gasteiger charge is -2.20. The normalized spacial score (nSPS) is 12.2. The number of rotatable bonds is 6. The van der Waals surface area contributed by atoms with Crippen LogP contribution in [0.1, 0.15) is 29.7 Å². The number of aryl methyl sites for hydroxylation is 1. The molecule has 112 valence electrons. The van der Waals surface area contributed by atoms with Gasteiger partial charge in [0.15, 0.2) is 0 Å². The van der Waals surface area contributed by atoms with Gasteiger partial charge in [-0.2, -0.15) is 0 Å². The highest BCUT2D eigenvalue weighted by Crippen LogP contribution is 2.27. The fourth-order valence-electron chi connectivity index (χ4n) is 2.53. The first-order chi connectivity index (χ1) is 10.2. The second kappa shape index (κ2) is 7.62. The first kappa shape index (κ1) is 16.1. The number of halogens is 1. The Morgan fingerprint density at radius 3 is 2.62 bits per heavy atom. The number of hydrogen-bond donors (Lipinski definition) is 1. The van der Waals surface area contributed by atoms with E-state index in [0.29, 0.717) is 0 Å². The van der Waals surface area contributed by atoms with E-state index in [1.807, 2.05) is 12.1 Å². The van der Waals surface area contributed by atoms with Gasteiger partial charge in [-0.1, -0.05) is 53.2 Å². The quantitative estimate of drug-likeness (QED) is 0.820. The van der Waals surface area contributed by atoms with Crippen molar-refractivity contribution >= 4 is 15.9 Å². The number of likely N-dealkylation sites (N-methyl/N-ethyl adjacent to an activating group) is 1. The van der Waals surface area contributed by atoms with E-state index in [-0.39, 0.29) is 6.04 Å². The van der Waals surface area contributed by atoms with E-state index in [1.165, 1.54) is 16.7 Å². The van der Waals surface area contributed by atoms with Crippen LogP contribution in [0.3, 0.4) is 0 Å². The predicted octanol–water partition coefficient (Wildman–Crippen LogP) is 4.66. The summed E-state index contributed by atoms with van der Waals surface area (Å²) in [5.74, 6) is 0.953. The van der Waals surface area contributed by atoms with Crippen LogP contribution in [0.25, 0.3) is 0 Å². The minimum atomic E-state index is 0.290. The van der Waals surface area contributed by atoms with Crippen LogP contribution in [0.15, 0.2) is 46.9 Å². The summed E-state index contributed by atoms with van der Waals surface area (Å²) in [4.78, 5) is 0. The van der Waals surface area contributed by atoms with Crippen LogP contribution in [-0.4, -0.2) is 13.7 Å². The fourth-order valence-corrected chi connectivity index (χ4v) is 2.78. The van der Waals surface area contributed by atoms with Gasteiger partial charge in [0.25, 0.3) is 0 Å². The molecule has 2 aromatic rings. The summed E-state index contributed by atoms with van der Waals surface area (Å²) in [6.07, 6.45) is 0.916. The maximum atomic E-state index is 5.47. The Kier molecular flexibility index (Phi) is 5.83. The Bertz CT molecular complexity index is 598. The predicted molar refractivity (Wildman–Crippen MR) is 92.0 cm³/mol. The first-order valence-electron chi connectivity index (χ1n) is 7.27. The molecule has 3 heteroatoms. The molecule has 0 spiro atoms. The van der Waals surface area contributed by atoms with E-state index in [9.17, 15) is 0 Å². The smallest absolute Gasteiger partial charge is 0.122 e. The summed E-state index contributed by atoms with van der Waals surface area (Å²) in [5, 5.41) is 3.57. The van der Waals surface area contributed by atoms with E-state index in [1.54, 1.807) is 7.11 Å². The molecule has 0 radical (unpaired) electrons. The molecule has 2 aromatic carbocycles. The summed E-state index contributed by atoms with van der Waals surface area (Å²) >= 11 is 3.57. The molecule has 0 fully saturated rings. The van der Waals surface area contributed by atoms with Crippen molar-refractivity contribution in [3.8, 4) is 5.75 Å². The highest BCUT2D eigenvalue weighted by molar-refractivity contribution is 9.10. The van der Waals surface area contributed by atoms with Crippen molar-refractivity contribution in [2.24, 2.45) is 0 Å². The summed E-state index contributed by atoms with van der Waals surface area (Å²) in [6.45, 7) is 5.20. The second-order valence-corrected chi connectivity index (χ2v) is 5.99. The molecule has 2 nitrogen and oxygen atoms in total. The SMILES string of the molecule is CCNC(Cc1ccccc1OC)c1ccc(Br)c(C)c1. The van der Waals surface area contributed by atoms with E-state index >= 15 is 0 Å². The van der Waals surface area contributed by atoms with Crippen molar-refractivity contribution in [2.45, 2.75) is 26.3 Å². The molecule has 1 unspecified atom stereocenters. The molecule has 0 aliphatic rings. The van der Waals surface area contributed by atoms with E-state index in [0.717, 1.165) is 23.2 Å². The van der Waals surface area contributed by atoms with Crippen molar-refractivity contribution in [1.29, 1.82) is 0 Å². The summed E-state index contributed by atoms with van der Waals surface area (Å²) in [6, 6.07) is 15.1. The molecule has 0 aliphatic carbocycles. The average molecular weight is 348 g/mol. The molecule has 0 saturated carbocycles. The minimum absolute atomic E-state index is 0.290. The maximum Gasteiger partial charge on any atom is 0.122 e. The molecule has 0 saturated heterocycles. The standard InChI is InChI=1S/C18H22BrNO/c1-4-20-17(14-9-10-16(19)13(2)11-14)12-15-7-5-6-8-18(15)21-3/h5-11,17,20H,4,12H2,1-3H3. The zero-order chi connectivity index (χ0) is 15.2. The Morgan fingerprint density at radius 1 is 1.19 bits per heavy atom. The van der Waals surface area contributed by atoms with E-state index < -0.39 is 0 Å². The van der Waals surface area contributed by atoms with Gasteiger partial charge in [0.2, 0.25) is 0 Å². The summed E-state index contributed by atoms with van der Waals surface area (Å²) < 4.78 is 6.62. The van der Waals surface area contributed by atoms with Gasteiger partial charge in [-0.05, 0) is 48.7 Å². The van der Waals surface area contributed by atoms with Crippen LogP contribution in [0.2, 0.25) is 0 Å². The van der Waals surface area contributed by atoms with Gasteiger partial charge in [-0.15, -0.1) is 0 Å². The van der Waals surface area contributed by atoms with Crippen molar-refractivity contribution in [3.05, 3.63) is 63.6 Å². The molecule has 0 amide bonds. The molecule has 0 bridgehead atoms. The number of benzene rings is 2. The summed E-state index contributed by atoms with van der Waals surface area (Å²) in [7, 11) is 1.73. The number of nitrogens with one attached hydrogen (secondary N) is 1. The van der Waals surface area contributed by atoms with Gasteiger partial charge in [0.05, 0.1) is 7.11 Å². The molecule has 21 heavy (non-hydrogen) atoms. The monoisotopic (exact) mass is 347 g/mol. The minimum Gasteiger partial charge on any atom is -0.496 e. The topological polar surface area (TPSA) is 21.3 Å². The molecule has 1 atom stereocenters. The maximum absolute atomic E-state index is 5.47. The Morgan fingerprint density at radius 2 is 1.95 bits per heavy atom. The molecule has 1 N–H and O–H groups in total. The third-order valence-electron chi connectivity index (χ3n) is 3.65. The number of hydrogen-bond acceptors (Lipinski definition) is 2. The Balaban J connectivity index is 2.28. The average Bonchev–Trinajstić information content (AvgIpc) is 2.50. The lowest BCUT2D eigenvalue weighted by atomic mass is 9.97. The summed E-state index contributed by atoms with van der Waals surface area (Å²) in [5.41, 5.74) is 3.80. The molecule has 0 aliphatic heterocycles. The zero-order valence-corrected chi connectivity index (χ0v) is 14.4. The zero-order valence-electron chi connectivity index (χ0n) is 12.8. The number of methoxy groups -OCH3 is 1. The molecular formula is C18H22BrNO. The van der Waals surface area contributed by atoms with Crippen LogP contribution in [0.4, 0.5) is 0 Å². The fraction of sp³-hybridized carbons (Fsp3) is 0.333. The van der Waals surface area contributed by atoms with E-state index in [2.05, 4.69) is 65.4 Å². The molecular weight excluding hydrogens is 326 g/mol. The van der Waals surface area contributed by atoms with Gasteiger partial charge in [0.1, 0.15) is 5.75 Å². The number of para-hydroxylation sites is 1. The highest BCUT2D eigenvalue weighted by atomic mass is 79.9. The Hall–Kier alpha value is -1.32. The molecule has 0 heterocycles. The van der Waals surface area contributed by atoms with Crippen LogP contribution in [0.5, 0.6) is 5.75 Å². The van der Waals surface area contributed by atoms with Gasteiger partial charge in [-0.3, -0.25) is 0 Å².